The van der Waals surface area contributed by atoms with E-state index in [9.17, 15) is 0 Å². The molecule has 108 heavy (non-hydrogen) atoms. The maximum Gasteiger partial charge on any atom is 0.0737 e. The number of hydrogen-bond acceptors (Lipinski definition) is 2. The van der Waals surface area contributed by atoms with Gasteiger partial charge < -0.3 is 9.97 Å². The van der Waals surface area contributed by atoms with E-state index in [0.29, 0.717) is 0 Å². The Morgan fingerprint density at radius 2 is 0.370 bits per heavy atom. The molecule has 0 amide bonds. The predicted molar refractivity (Wildman–Crippen MR) is 470 cm³/mol. The molecule has 8 bridgehead atoms. The number of H-pyrrole nitrogens is 2. The second kappa shape index (κ2) is 21.4. The maximum atomic E-state index is 6.16. The fourth-order valence-corrected chi connectivity index (χ4v) is 19.4. The SMILES string of the molecule is CC(C)(C)c1cc(-c2c3nc(c(-c4cc(C(C)(C)C)cc(C(C)(C)C)c4)c4ccc([nH]4)c(-c4cc5c6cccc7c8cccc9c%10cccc%11c%12cccc%13c%14cccc%15c(c4)c5c4c(c76)c(c98)c(c%10%11)c(c%12%13)c4c%14%15)c4nc(c(-c5cc(C(C)(C)C)cc(C(C)(C)C)c5)c5ccc2[nH]5)C=C4)C=C3)cc(C(C)(C)C)c1. The summed E-state index contributed by atoms with van der Waals surface area (Å²) in [4.78, 5) is 20.7. The van der Waals surface area contributed by atoms with Crippen molar-refractivity contribution in [2.75, 3.05) is 0 Å². The molecule has 16 aromatic carbocycles. The summed E-state index contributed by atoms with van der Waals surface area (Å²) in [6, 6.07) is 72.0. The van der Waals surface area contributed by atoms with Gasteiger partial charge in [-0.15, -0.1) is 0 Å². The van der Waals surface area contributed by atoms with Gasteiger partial charge in [0.25, 0.3) is 0 Å². The van der Waals surface area contributed by atoms with E-state index < -0.39 is 0 Å². The minimum absolute atomic E-state index is 0.132. The van der Waals surface area contributed by atoms with Crippen LogP contribution in [0.3, 0.4) is 0 Å². The lowest BCUT2D eigenvalue weighted by molar-refractivity contribution is 0.568. The van der Waals surface area contributed by atoms with E-state index in [0.717, 1.165) is 89.4 Å². The summed E-state index contributed by atoms with van der Waals surface area (Å²) in [6.45, 7) is 42.1. The van der Waals surface area contributed by atoms with Gasteiger partial charge >= 0.3 is 0 Å². The third-order valence-electron chi connectivity index (χ3n) is 25.1. The monoisotopic (exact) mass is 1390 g/mol. The highest BCUT2D eigenvalue weighted by atomic mass is 14.8. The lowest BCUT2D eigenvalue weighted by Gasteiger charge is -2.29. The van der Waals surface area contributed by atoms with Crippen molar-refractivity contribution in [2.24, 2.45) is 0 Å². The molecular weight excluding hydrogens is 1310 g/mol. The minimum atomic E-state index is -0.149. The molecule has 0 aliphatic carbocycles. The summed E-state index contributed by atoms with van der Waals surface area (Å²) in [5.74, 6) is 0. The number of nitrogens with one attached hydrogen (secondary N) is 2. The molecule has 2 aliphatic rings. The average Bonchev–Trinajstić information content (AvgIpc) is 0.768. The summed E-state index contributed by atoms with van der Waals surface area (Å²) >= 11 is 0. The normalized spacial score (nSPS) is 13.9. The van der Waals surface area contributed by atoms with Gasteiger partial charge in [-0.05, 0) is 278 Å². The Hall–Kier alpha value is -11.2. The van der Waals surface area contributed by atoms with Crippen LogP contribution in [0.25, 0.3) is 220 Å². The van der Waals surface area contributed by atoms with E-state index in [1.807, 2.05) is 0 Å². The Kier molecular flexibility index (Phi) is 12.9. The van der Waals surface area contributed by atoms with Crippen LogP contribution in [0.4, 0.5) is 0 Å². The van der Waals surface area contributed by atoms with E-state index in [1.54, 1.807) is 0 Å². The zero-order valence-electron chi connectivity index (χ0n) is 65.5. The van der Waals surface area contributed by atoms with Gasteiger partial charge in [0.05, 0.1) is 22.8 Å². The van der Waals surface area contributed by atoms with Gasteiger partial charge in [-0.25, -0.2) is 9.97 Å². The molecule has 2 aliphatic heterocycles. The molecule has 0 saturated heterocycles. The molecule has 19 aromatic rings. The first kappa shape index (κ1) is 65.1. The van der Waals surface area contributed by atoms with Crippen molar-refractivity contribution in [3.63, 3.8) is 0 Å². The van der Waals surface area contributed by atoms with Gasteiger partial charge in [0.2, 0.25) is 0 Å². The summed E-state index contributed by atoms with van der Waals surface area (Å²) in [7, 11) is 0. The maximum absolute atomic E-state index is 6.16. The van der Waals surface area contributed by atoms with Gasteiger partial charge in [0, 0.05) is 44.3 Å². The van der Waals surface area contributed by atoms with Crippen molar-refractivity contribution >= 4 is 176 Å². The molecule has 2 N–H and O–H groups in total. The number of rotatable bonds is 4. The topological polar surface area (TPSA) is 57.4 Å². The fourth-order valence-electron chi connectivity index (χ4n) is 19.4. The number of fused-ring (bicyclic) bond motifs is 14. The van der Waals surface area contributed by atoms with Gasteiger partial charge in [0.1, 0.15) is 0 Å². The van der Waals surface area contributed by atoms with E-state index in [-0.39, 0.29) is 32.5 Å². The Morgan fingerprint density at radius 3 is 0.565 bits per heavy atom. The minimum Gasteiger partial charge on any atom is -0.354 e. The molecule has 0 radical (unpaired) electrons. The van der Waals surface area contributed by atoms with Gasteiger partial charge in [-0.2, -0.15) is 0 Å². The van der Waals surface area contributed by atoms with Crippen LogP contribution in [-0.2, 0) is 32.5 Å². The fraction of sp³-hybridized carbons (Fsp3) is 0.231. The lowest BCUT2D eigenvalue weighted by atomic mass is 9.73. The van der Waals surface area contributed by atoms with Crippen LogP contribution in [-0.4, -0.2) is 19.9 Å². The van der Waals surface area contributed by atoms with Gasteiger partial charge in [-0.1, -0.05) is 270 Å². The molecule has 0 saturated carbocycles. The zero-order chi connectivity index (χ0) is 74.4. The highest BCUT2D eigenvalue weighted by Gasteiger charge is 2.34. The molecule has 0 unspecified atom stereocenters. The standard InChI is InChI=1S/C104H90N4/c1-99(2,3)57-42-53(43-58(50-57)100(4,5)6)83-75-34-36-77(105-75)84(54-44-59(101(7,8)9)51-60(45-54)102(10,11)12)79-38-40-81(107-79)86(82-41-39-80(108-82)85(78-37-35-76(83)106-78)55-46-61(103(13,14)15)52-62(47-55)104(16,17)18)56-48-73-71-32-22-30-69-67-28-20-26-65-63-24-19-25-64-66-27-21-29-68-70-31-23-33-72-74(49-56)92(73)98-96(90(69)71)94(88(65)67)93(87(63)64)95(89(66)68)97(98)91(70)72/h19-52,105,108H,1-18H3. The largest absolute Gasteiger partial charge is 0.354 e. The summed E-state index contributed by atoms with van der Waals surface area (Å²) in [5.41, 5.74) is 23.0. The lowest BCUT2D eigenvalue weighted by Crippen LogP contribution is -2.16. The Morgan fingerprint density at radius 1 is 0.194 bits per heavy atom. The Bertz CT molecular complexity index is 6990. The number of nitrogens with zero attached hydrogens (tertiary/aromatic N) is 2. The van der Waals surface area contributed by atoms with Crippen molar-refractivity contribution in [3.05, 3.63) is 238 Å². The summed E-state index contributed by atoms with van der Waals surface area (Å²) in [5, 5.41) is 32.1. The van der Waals surface area contributed by atoms with Crippen LogP contribution in [0, 0.1) is 0 Å². The van der Waals surface area contributed by atoms with Crippen LogP contribution in [0.2, 0.25) is 0 Å². The zero-order valence-corrected chi connectivity index (χ0v) is 65.5. The molecule has 5 heterocycles. The van der Waals surface area contributed by atoms with Crippen LogP contribution >= 0.6 is 0 Å². The second-order valence-electron chi connectivity index (χ2n) is 38.2. The highest BCUT2D eigenvalue weighted by molar-refractivity contribution is 6.61. The van der Waals surface area contributed by atoms with Crippen molar-refractivity contribution < 1.29 is 0 Å². The molecule has 4 heteroatoms. The van der Waals surface area contributed by atoms with E-state index in [2.05, 4.69) is 341 Å². The van der Waals surface area contributed by atoms with E-state index in [4.69, 9.17) is 9.97 Å². The van der Waals surface area contributed by atoms with Crippen LogP contribution in [0.1, 0.15) is 181 Å². The van der Waals surface area contributed by atoms with Crippen molar-refractivity contribution in [1.29, 1.82) is 0 Å². The van der Waals surface area contributed by atoms with Crippen LogP contribution in [0.5, 0.6) is 0 Å². The van der Waals surface area contributed by atoms with Crippen molar-refractivity contribution in [1.82, 2.24) is 19.9 Å². The Labute approximate surface area is 631 Å². The van der Waals surface area contributed by atoms with Crippen molar-refractivity contribution in [2.45, 2.75) is 157 Å². The molecule has 0 fully saturated rings. The van der Waals surface area contributed by atoms with Crippen LogP contribution < -0.4 is 0 Å². The Balaban J connectivity index is 0.962. The summed E-state index contributed by atoms with van der Waals surface area (Å²) < 4.78 is 0. The van der Waals surface area contributed by atoms with Gasteiger partial charge in [-0.3, -0.25) is 0 Å². The smallest absolute Gasteiger partial charge is 0.0737 e. The van der Waals surface area contributed by atoms with Gasteiger partial charge in [0.15, 0.2) is 0 Å². The van der Waals surface area contributed by atoms with E-state index >= 15 is 0 Å². The first-order valence-electron chi connectivity index (χ1n) is 39.1. The summed E-state index contributed by atoms with van der Waals surface area (Å²) in [6.07, 6.45) is 9.18. The molecule has 0 atom stereocenters. The second-order valence-corrected chi connectivity index (χ2v) is 38.2. The first-order chi connectivity index (χ1) is 51.3. The molecule has 3 aromatic heterocycles. The molecular formula is C104H90N4. The predicted octanol–water partition coefficient (Wildman–Crippen LogP) is 29.6. The first-order valence-corrected chi connectivity index (χ1v) is 39.1. The van der Waals surface area contributed by atoms with Crippen molar-refractivity contribution in [3.8, 4) is 44.5 Å². The molecule has 4 nitrogen and oxygen atoms in total. The average molecular weight is 1400 g/mol. The molecule has 21 rings (SSSR count). The molecule has 526 valence electrons. The number of hydrogen-bond donors (Lipinski definition) is 2. The number of aromatic nitrogens is 4. The highest BCUT2D eigenvalue weighted by Crippen LogP contribution is 2.61. The third-order valence-corrected chi connectivity index (χ3v) is 25.1. The number of aromatic amines is 2. The van der Waals surface area contributed by atoms with E-state index in [1.165, 1.54) is 163 Å². The third kappa shape index (κ3) is 9.10. The molecule has 0 spiro atoms. The quantitative estimate of drug-likeness (QED) is 0.136. The number of benzene rings is 16. The van der Waals surface area contributed by atoms with Crippen LogP contribution in [0.15, 0.2) is 182 Å².